The Balaban J connectivity index is 2.28. The molecule has 0 radical (unpaired) electrons. The molecule has 1 fully saturated rings. The summed E-state index contributed by atoms with van der Waals surface area (Å²) in [4.78, 5) is 0. The molecule has 0 spiro atoms. The summed E-state index contributed by atoms with van der Waals surface area (Å²) < 4.78 is 17.7. The lowest BCUT2D eigenvalue weighted by atomic mass is 11.4. The van der Waals surface area contributed by atoms with Gasteiger partial charge in [-0.15, -0.1) is 0 Å². The Kier molecular flexibility index (Phi) is 0.935. The molecule has 0 bridgehead atoms. The zero-order chi connectivity index (χ0) is 4.57. The highest BCUT2D eigenvalue weighted by atomic mass is 31.1. The van der Waals surface area contributed by atoms with Crippen molar-refractivity contribution in [3.05, 3.63) is 0 Å². The molecule has 1 rings (SSSR count). The van der Waals surface area contributed by atoms with E-state index in [0.717, 1.165) is 0 Å². The van der Waals surface area contributed by atoms with Crippen molar-refractivity contribution in [1.29, 1.82) is 0 Å². The lowest BCUT2D eigenvalue weighted by molar-refractivity contribution is -0.219. The monoisotopic (exact) mass is 110 g/mol. The molecule has 4 nitrogen and oxygen atoms in total. The van der Waals surface area contributed by atoms with Gasteiger partial charge in [0.1, 0.15) is 0 Å². The number of rotatable bonds is 0. The van der Waals surface area contributed by atoms with Crippen LogP contribution >= 0.6 is 8.25 Å². The van der Waals surface area contributed by atoms with Crippen LogP contribution in [-0.2, 0) is 13.6 Å². The van der Waals surface area contributed by atoms with Gasteiger partial charge in [-0.05, 0) is 0 Å². The van der Waals surface area contributed by atoms with Crippen LogP contribution in [0.5, 0.6) is 0 Å². The van der Waals surface area contributed by atoms with Crippen molar-refractivity contribution in [3.63, 3.8) is 0 Å². The third-order valence-electron chi connectivity index (χ3n) is 0.394. The Hall–Kier alpha value is 0.110. The van der Waals surface area contributed by atoms with E-state index in [4.69, 9.17) is 5.11 Å². The van der Waals surface area contributed by atoms with Crippen molar-refractivity contribution in [1.82, 2.24) is 0 Å². The van der Waals surface area contributed by atoms with Crippen molar-refractivity contribution in [2.24, 2.45) is 0 Å². The van der Waals surface area contributed by atoms with Crippen molar-refractivity contribution < 1.29 is 18.7 Å². The normalized spacial score (nSPS) is 44.8. The topological polar surface area (TPSA) is 55.8 Å². The molecular weight excluding hydrogens is 107 g/mol. The predicted molar refractivity (Wildman–Crippen MR) is 17.2 cm³/mol. The fourth-order valence-electron chi connectivity index (χ4n) is 0.173. The van der Waals surface area contributed by atoms with Crippen molar-refractivity contribution in [2.45, 2.75) is 6.48 Å². The Morgan fingerprint density at radius 1 is 1.67 bits per heavy atom. The summed E-state index contributed by atoms with van der Waals surface area (Å²) in [6.07, 6.45) is 0. The van der Waals surface area contributed by atoms with Crippen LogP contribution in [0.4, 0.5) is 0 Å². The lowest BCUT2D eigenvalue weighted by Crippen LogP contribution is -2.17. The van der Waals surface area contributed by atoms with Gasteiger partial charge in [0.25, 0.3) is 6.48 Å². The molecule has 5 heteroatoms. The lowest BCUT2D eigenvalue weighted by Gasteiger charge is -2.18. The van der Waals surface area contributed by atoms with E-state index in [0.29, 0.717) is 0 Å². The fraction of sp³-hybridized carbons (Fsp3) is 1.00. The summed E-state index contributed by atoms with van der Waals surface area (Å²) in [7, 11) is -2.24. The highest BCUT2D eigenvalue weighted by Crippen LogP contribution is 2.37. The van der Waals surface area contributed by atoms with Gasteiger partial charge in [0, 0.05) is 0 Å². The highest BCUT2D eigenvalue weighted by Gasteiger charge is 2.22. The Morgan fingerprint density at radius 2 is 2.17 bits per heavy atom. The van der Waals surface area contributed by atoms with Gasteiger partial charge in [-0.1, -0.05) is 0 Å². The van der Waals surface area contributed by atoms with Crippen LogP contribution < -0.4 is 0 Å². The van der Waals surface area contributed by atoms with E-state index in [-0.39, 0.29) is 0 Å². The van der Waals surface area contributed by atoms with E-state index < -0.39 is 14.7 Å². The minimum atomic E-state index is -2.24. The first kappa shape index (κ1) is 4.27. The van der Waals surface area contributed by atoms with Crippen LogP contribution in [0, 0.1) is 0 Å². The molecule has 0 aromatic heterocycles. The zero-order valence-corrected chi connectivity index (χ0v) is 3.75. The molecule has 1 heterocycles. The zero-order valence-electron chi connectivity index (χ0n) is 2.75. The second-order valence-corrected chi connectivity index (χ2v) is 1.76. The smallest absolute Gasteiger partial charge is 0.327 e. The molecule has 0 amide bonds. The van der Waals surface area contributed by atoms with Crippen LogP contribution in [0.3, 0.4) is 0 Å². The number of hydrogen-bond donors (Lipinski definition) is 1. The van der Waals surface area contributed by atoms with Crippen molar-refractivity contribution in [3.8, 4) is 0 Å². The number of hydrogen-bond acceptors (Lipinski definition) is 4. The fourth-order valence-corrected chi connectivity index (χ4v) is 0.520. The molecule has 0 aromatic carbocycles. The van der Waals surface area contributed by atoms with Crippen LogP contribution in [0.1, 0.15) is 0 Å². The molecule has 0 saturated carbocycles. The third kappa shape index (κ3) is 0.604. The molecule has 6 heavy (non-hydrogen) atoms. The van der Waals surface area contributed by atoms with Gasteiger partial charge >= 0.3 is 8.25 Å². The van der Waals surface area contributed by atoms with Crippen LogP contribution in [0.15, 0.2) is 0 Å². The molecule has 0 unspecified atom stereocenters. The Morgan fingerprint density at radius 3 is 2.17 bits per heavy atom. The van der Waals surface area contributed by atoms with Crippen molar-refractivity contribution in [2.75, 3.05) is 0 Å². The van der Waals surface area contributed by atoms with E-state index in [9.17, 15) is 4.57 Å². The van der Waals surface area contributed by atoms with Gasteiger partial charge in [-0.2, -0.15) is 0 Å². The largest absolute Gasteiger partial charge is 0.345 e. The first-order valence-electron chi connectivity index (χ1n) is 1.34. The van der Waals surface area contributed by atoms with E-state index in [1.165, 1.54) is 0 Å². The number of aliphatic hydroxyl groups is 1. The molecule has 1 aliphatic rings. The summed E-state index contributed by atoms with van der Waals surface area (Å²) >= 11 is 0. The molecule has 36 valence electrons. The summed E-state index contributed by atoms with van der Waals surface area (Å²) in [6.45, 7) is -1.23. The van der Waals surface area contributed by atoms with Crippen LogP contribution in [-0.4, -0.2) is 11.6 Å². The van der Waals surface area contributed by atoms with Gasteiger partial charge < -0.3 is 5.11 Å². The molecule has 1 N–H and O–H groups in total. The van der Waals surface area contributed by atoms with E-state index >= 15 is 0 Å². The molecule has 0 aromatic rings. The van der Waals surface area contributed by atoms with E-state index in [1.54, 1.807) is 0 Å². The van der Waals surface area contributed by atoms with Crippen LogP contribution in [0.2, 0.25) is 0 Å². The standard InChI is InChI=1S/CH3O4P/c2-1-4-6(3)5-1/h1-2,6H. The number of aliphatic hydroxyl groups excluding tert-OH is 1. The summed E-state index contributed by atoms with van der Waals surface area (Å²) in [6, 6.07) is 0. The summed E-state index contributed by atoms with van der Waals surface area (Å²) in [5, 5.41) is 8.00. The second kappa shape index (κ2) is 1.31. The van der Waals surface area contributed by atoms with Gasteiger partial charge in [-0.3, -0.25) is 13.6 Å². The minimum Gasteiger partial charge on any atom is -0.345 e. The first-order chi connectivity index (χ1) is 2.79. The highest BCUT2D eigenvalue weighted by molar-refractivity contribution is 7.34. The van der Waals surface area contributed by atoms with E-state index in [1.807, 2.05) is 0 Å². The average Bonchev–Trinajstić information content (AvgIpc) is 1.33. The van der Waals surface area contributed by atoms with Gasteiger partial charge in [0.05, 0.1) is 0 Å². The predicted octanol–water partition coefficient (Wildman–Crippen LogP) is -0.301. The molecule has 1 saturated heterocycles. The maximum atomic E-state index is 9.69. The molecule has 1 aliphatic heterocycles. The maximum absolute atomic E-state index is 9.69. The van der Waals surface area contributed by atoms with Gasteiger partial charge in [0.2, 0.25) is 0 Å². The van der Waals surface area contributed by atoms with Crippen molar-refractivity contribution >= 4 is 8.25 Å². The Labute approximate surface area is 34.6 Å². The van der Waals surface area contributed by atoms with Gasteiger partial charge in [0.15, 0.2) is 0 Å². The quantitative estimate of drug-likeness (QED) is 0.435. The van der Waals surface area contributed by atoms with Gasteiger partial charge in [-0.25, -0.2) is 0 Å². The maximum Gasteiger partial charge on any atom is 0.327 e. The molecular formula is CH3O4P. The Bertz CT molecular complexity index is 71.6. The summed E-state index contributed by atoms with van der Waals surface area (Å²) in [5.41, 5.74) is 0. The first-order valence-corrected chi connectivity index (χ1v) is 2.57. The second-order valence-electron chi connectivity index (χ2n) is 0.793. The van der Waals surface area contributed by atoms with E-state index in [2.05, 4.69) is 9.05 Å². The molecule has 0 aliphatic carbocycles. The minimum absolute atomic E-state index is 1.23. The third-order valence-corrected chi connectivity index (χ3v) is 1.18. The average molecular weight is 110 g/mol. The summed E-state index contributed by atoms with van der Waals surface area (Å²) in [5.74, 6) is 0. The SMILES string of the molecule is O=[PH]1OC(O)O1. The molecule has 0 atom stereocenters. The van der Waals surface area contributed by atoms with Crippen LogP contribution in [0.25, 0.3) is 0 Å².